The lowest BCUT2D eigenvalue weighted by atomic mass is 9.99. The second kappa shape index (κ2) is 9.16. The van der Waals surface area contributed by atoms with E-state index < -0.39 is 0 Å². The van der Waals surface area contributed by atoms with Crippen molar-refractivity contribution < 1.29 is 5.11 Å². The molecule has 3 rings (SSSR count). The predicted octanol–water partition coefficient (Wildman–Crippen LogP) is 3.95. The number of nitrogens with one attached hydrogen (secondary N) is 1. The van der Waals surface area contributed by atoms with E-state index in [4.69, 9.17) is 0 Å². The van der Waals surface area contributed by atoms with E-state index in [1.54, 1.807) is 0 Å². The highest BCUT2D eigenvalue weighted by molar-refractivity contribution is 5.27. The molecule has 1 heterocycles. The molecule has 0 radical (unpaired) electrons. The summed E-state index contributed by atoms with van der Waals surface area (Å²) in [7, 11) is 0. The lowest BCUT2D eigenvalue weighted by molar-refractivity contribution is 0.0791. The number of hydrogen-bond acceptors (Lipinski definition) is 3. The zero-order valence-corrected chi connectivity index (χ0v) is 16.1. The molecular formula is C22H36N2O. The van der Waals surface area contributed by atoms with Crippen molar-refractivity contribution in [2.45, 2.75) is 77.6 Å². The van der Waals surface area contributed by atoms with Crippen LogP contribution in [0, 0.1) is 11.8 Å². The van der Waals surface area contributed by atoms with Crippen molar-refractivity contribution in [3.05, 3.63) is 35.4 Å². The van der Waals surface area contributed by atoms with Gasteiger partial charge >= 0.3 is 0 Å². The van der Waals surface area contributed by atoms with Crippen LogP contribution in [-0.4, -0.2) is 35.2 Å². The summed E-state index contributed by atoms with van der Waals surface area (Å²) in [5.41, 5.74) is 2.90. The fraction of sp³-hybridized carbons (Fsp3) is 0.727. The average molecular weight is 345 g/mol. The molecule has 1 atom stereocenters. The summed E-state index contributed by atoms with van der Waals surface area (Å²) in [6.07, 6.45) is 7.20. The second-order valence-electron chi connectivity index (χ2n) is 8.57. The van der Waals surface area contributed by atoms with Gasteiger partial charge in [-0.1, -0.05) is 38.1 Å². The lowest BCUT2D eigenvalue weighted by Gasteiger charge is -2.30. The van der Waals surface area contributed by atoms with Gasteiger partial charge in [0.05, 0.1) is 6.10 Å². The van der Waals surface area contributed by atoms with E-state index in [1.165, 1.54) is 36.8 Å². The number of nitrogens with zero attached hydrogens (tertiary/aromatic N) is 1. The summed E-state index contributed by atoms with van der Waals surface area (Å²) >= 11 is 0. The summed E-state index contributed by atoms with van der Waals surface area (Å²) in [5, 5.41) is 13.6. The zero-order valence-electron chi connectivity index (χ0n) is 16.1. The topological polar surface area (TPSA) is 35.5 Å². The molecule has 0 aromatic heterocycles. The van der Waals surface area contributed by atoms with Crippen LogP contribution < -0.4 is 5.32 Å². The number of piperidine rings is 1. The van der Waals surface area contributed by atoms with Crippen LogP contribution >= 0.6 is 0 Å². The molecule has 2 aliphatic rings. The molecule has 1 saturated heterocycles. The van der Waals surface area contributed by atoms with Gasteiger partial charge in [0.15, 0.2) is 0 Å². The van der Waals surface area contributed by atoms with Crippen LogP contribution in [0.2, 0.25) is 0 Å². The summed E-state index contributed by atoms with van der Waals surface area (Å²) in [6.45, 7) is 8.70. The first-order chi connectivity index (χ1) is 12.1. The van der Waals surface area contributed by atoms with Gasteiger partial charge in [-0.05, 0) is 61.5 Å². The summed E-state index contributed by atoms with van der Waals surface area (Å²) < 4.78 is 0. The number of likely N-dealkylation sites (tertiary alicyclic amines) is 1. The molecule has 0 spiro atoms. The Morgan fingerprint density at radius 1 is 1.04 bits per heavy atom. The fourth-order valence-electron chi connectivity index (χ4n) is 3.96. The first-order valence-corrected chi connectivity index (χ1v) is 10.3. The van der Waals surface area contributed by atoms with Gasteiger partial charge in [-0.2, -0.15) is 0 Å². The van der Waals surface area contributed by atoms with Gasteiger partial charge in [-0.3, -0.25) is 4.90 Å². The number of aliphatic hydroxyl groups is 1. The molecule has 2 fully saturated rings. The maximum Gasteiger partial charge on any atom is 0.0564 e. The van der Waals surface area contributed by atoms with E-state index in [0.29, 0.717) is 6.04 Å². The van der Waals surface area contributed by atoms with Crippen LogP contribution in [0.5, 0.6) is 0 Å². The minimum absolute atomic E-state index is 0.0894. The largest absolute Gasteiger partial charge is 0.393 e. The monoisotopic (exact) mass is 344 g/mol. The fourth-order valence-corrected chi connectivity index (χ4v) is 3.96. The van der Waals surface area contributed by atoms with Gasteiger partial charge in [0, 0.05) is 32.2 Å². The Balaban J connectivity index is 1.54. The molecule has 1 aliphatic carbocycles. The van der Waals surface area contributed by atoms with Crippen LogP contribution in [0.25, 0.3) is 0 Å². The van der Waals surface area contributed by atoms with Crippen LogP contribution in [0.3, 0.4) is 0 Å². The zero-order chi connectivity index (χ0) is 17.6. The number of rotatable bonds is 9. The van der Waals surface area contributed by atoms with Crippen molar-refractivity contribution in [2.24, 2.45) is 11.8 Å². The first-order valence-electron chi connectivity index (χ1n) is 10.3. The normalized spacial score (nSPS) is 21.0. The molecule has 3 heteroatoms. The molecule has 0 amide bonds. The number of benzene rings is 1. The second-order valence-corrected chi connectivity index (χ2v) is 8.57. The maximum atomic E-state index is 9.70. The Labute approximate surface area is 153 Å². The van der Waals surface area contributed by atoms with E-state index in [9.17, 15) is 5.11 Å². The molecule has 1 unspecified atom stereocenters. The SMILES string of the molecule is CC(C)CCC(NCc1ccccc1CN1CCC(O)CC1)C1CC1. The van der Waals surface area contributed by atoms with Gasteiger partial charge in [0.25, 0.3) is 0 Å². The summed E-state index contributed by atoms with van der Waals surface area (Å²) in [4.78, 5) is 2.49. The third-order valence-corrected chi connectivity index (χ3v) is 5.87. The Morgan fingerprint density at radius 2 is 1.72 bits per heavy atom. The van der Waals surface area contributed by atoms with Crippen molar-refractivity contribution in [3.63, 3.8) is 0 Å². The van der Waals surface area contributed by atoms with E-state index in [-0.39, 0.29) is 6.10 Å². The van der Waals surface area contributed by atoms with E-state index in [1.807, 2.05) is 0 Å². The lowest BCUT2D eigenvalue weighted by Crippen LogP contribution is -2.36. The van der Waals surface area contributed by atoms with E-state index in [2.05, 4.69) is 48.3 Å². The van der Waals surface area contributed by atoms with Crippen LogP contribution in [-0.2, 0) is 13.1 Å². The van der Waals surface area contributed by atoms with E-state index in [0.717, 1.165) is 50.9 Å². The third kappa shape index (κ3) is 6.09. The Hall–Kier alpha value is -0.900. The molecule has 1 saturated carbocycles. The molecule has 3 nitrogen and oxygen atoms in total. The molecular weight excluding hydrogens is 308 g/mol. The van der Waals surface area contributed by atoms with Crippen molar-refractivity contribution in [1.29, 1.82) is 0 Å². The molecule has 0 bridgehead atoms. The highest BCUT2D eigenvalue weighted by Crippen LogP contribution is 2.35. The molecule has 1 aromatic carbocycles. The first kappa shape index (κ1) is 18.9. The maximum absolute atomic E-state index is 9.70. The van der Waals surface area contributed by atoms with Crippen molar-refractivity contribution in [1.82, 2.24) is 10.2 Å². The van der Waals surface area contributed by atoms with Crippen LogP contribution in [0.15, 0.2) is 24.3 Å². The summed E-state index contributed by atoms with van der Waals surface area (Å²) in [5.74, 6) is 1.71. The Kier molecular flexibility index (Phi) is 6.92. The van der Waals surface area contributed by atoms with Gasteiger partial charge < -0.3 is 10.4 Å². The quantitative estimate of drug-likeness (QED) is 0.712. The van der Waals surface area contributed by atoms with Gasteiger partial charge in [0.1, 0.15) is 0 Å². The van der Waals surface area contributed by atoms with Crippen molar-refractivity contribution in [3.8, 4) is 0 Å². The minimum atomic E-state index is -0.0894. The highest BCUT2D eigenvalue weighted by atomic mass is 16.3. The van der Waals surface area contributed by atoms with E-state index >= 15 is 0 Å². The smallest absolute Gasteiger partial charge is 0.0564 e. The predicted molar refractivity (Wildman–Crippen MR) is 104 cm³/mol. The number of hydrogen-bond donors (Lipinski definition) is 2. The van der Waals surface area contributed by atoms with Crippen LogP contribution in [0.4, 0.5) is 0 Å². The molecule has 2 N–H and O–H groups in total. The summed E-state index contributed by atoms with van der Waals surface area (Å²) in [6, 6.07) is 9.59. The van der Waals surface area contributed by atoms with Gasteiger partial charge in [0.2, 0.25) is 0 Å². The van der Waals surface area contributed by atoms with Gasteiger partial charge in [-0.25, -0.2) is 0 Å². The van der Waals surface area contributed by atoms with Crippen molar-refractivity contribution >= 4 is 0 Å². The highest BCUT2D eigenvalue weighted by Gasteiger charge is 2.30. The molecule has 1 aliphatic heterocycles. The number of aliphatic hydroxyl groups excluding tert-OH is 1. The average Bonchev–Trinajstić information content (AvgIpc) is 3.43. The van der Waals surface area contributed by atoms with Gasteiger partial charge in [-0.15, -0.1) is 0 Å². The third-order valence-electron chi connectivity index (χ3n) is 5.87. The van der Waals surface area contributed by atoms with Crippen molar-refractivity contribution in [2.75, 3.05) is 13.1 Å². The molecule has 1 aromatic rings. The Bertz CT molecular complexity index is 519. The minimum Gasteiger partial charge on any atom is -0.393 e. The molecule has 140 valence electrons. The molecule has 25 heavy (non-hydrogen) atoms. The Morgan fingerprint density at radius 3 is 2.36 bits per heavy atom. The standard InChI is InChI=1S/C22H36N2O/c1-17(2)7-10-22(18-8-9-18)23-15-19-5-3-4-6-20(19)16-24-13-11-21(25)12-14-24/h3-6,17-18,21-23,25H,7-16H2,1-2H3. The van der Waals surface area contributed by atoms with Crippen LogP contribution in [0.1, 0.15) is 63.5 Å².